The van der Waals surface area contributed by atoms with Gasteiger partial charge in [-0.05, 0) is 36.5 Å². The fourth-order valence-corrected chi connectivity index (χ4v) is 2.65. The fraction of sp³-hybridized carbons (Fsp3) is 0.375. The number of nitrogens with two attached hydrogens (primary N) is 1. The van der Waals surface area contributed by atoms with Crippen LogP contribution >= 0.6 is 0 Å². The van der Waals surface area contributed by atoms with Crippen molar-refractivity contribution in [3.05, 3.63) is 58.5 Å². The van der Waals surface area contributed by atoms with E-state index in [9.17, 15) is 9.18 Å². The van der Waals surface area contributed by atoms with Crippen molar-refractivity contribution < 1.29 is 4.39 Å². The van der Waals surface area contributed by atoms with Gasteiger partial charge in [0.2, 0.25) is 0 Å². The minimum atomic E-state index is -0.429. The lowest BCUT2D eigenvalue weighted by atomic mass is 9.99. The largest absolute Gasteiger partial charge is 0.396 e. The minimum Gasteiger partial charge on any atom is -0.396 e. The van der Waals surface area contributed by atoms with E-state index >= 15 is 0 Å². The van der Waals surface area contributed by atoms with Gasteiger partial charge in [-0.25, -0.2) is 4.39 Å². The van der Waals surface area contributed by atoms with E-state index in [-0.39, 0.29) is 17.3 Å². The summed E-state index contributed by atoms with van der Waals surface area (Å²) in [6, 6.07) is 4.57. The zero-order valence-electron chi connectivity index (χ0n) is 11.7. The summed E-state index contributed by atoms with van der Waals surface area (Å²) in [5.41, 5.74) is 6.50. The van der Waals surface area contributed by atoms with Crippen molar-refractivity contribution in [3.8, 4) is 0 Å². The van der Waals surface area contributed by atoms with Crippen LogP contribution in [0.2, 0.25) is 0 Å². The van der Waals surface area contributed by atoms with Gasteiger partial charge in [0.15, 0.2) is 0 Å². The SMILES string of the molecule is Nc1cc(C(CCC2CC2)n2ccncc2=O)ccc1F. The van der Waals surface area contributed by atoms with E-state index in [1.165, 1.54) is 25.1 Å². The Labute approximate surface area is 122 Å². The highest BCUT2D eigenvalue weighted by molar-refractivity contribution is 5.43. The molecule has 0 aliphatic heterocycles. The lowest BCUT2D eigenvalue weighted by Gasteiger charge is -2.20. The van der Waals surface area contributed by atoms with Crippen molar-refractivity contribution >= 4 is 5.69 Å². The molecule has 4 nitrogen and oxygen atoms in total. The van der Waals surface area contributed by atoms with E-state index < -0.39 is 5.82 Å². The molecule has 1 aromatic heterocycles. The van der Waals surface area contributed by atoms with Gasteiger partial charge < -0.3 is 10.3 Å². The molecular formula is C16H18FN3O. The number of aromatic nitrogens is 2. The second kappa shape index (κ2) is 5.68. The quantitative estimate of drug-likeness (QED) is 0.860. The van der Waals surface area contributed by atoms with Gasteiger partial charge in [-0.3, -0.25) is 9.78 Å². The first-order valence-corrected chi connectivity index (χ1v) is 7.22. The van der Waals surface area contributed by atoms with Crippen LogP contribution in [0.25, 0.3) is 0 Å². The van der Waals surface area contributed by atoms with Crippen molar-refractivity contribution in [1.29, 1.82) is 0 Å². The Balaban J connectivity index is 1.96. The van der Waals surface area contributed by atoms with Crippen molar-refractivity contribution in [1.82, 2.24) is 9.55 Å². The normalized spacial score (nSPS) is 15.9. The van der Waals surface area contributed by atoms with E-state index in [4.69, 9.17) is 5.73 Å². The number of nitrogens with zero attached hydrogens (tertiary/aromatic N) is 2. The van der Waals surface area contributed by atoms with Gasteiger partial charge in [0.05, 0.1) is 17.9 Å². The van der Waals surface area contributed by atoms with Crippen LogP contribution in [-0.2, 0) is 0 Å². The lowest BCUT2D eigenvalue weighted by molar-refractivity contribution is 0.485. The highest BCUT2D eigenvalue weighted by atomic mass is 19.1. The molecule has 0 bridgehead atoms. The summed E-state index contributed by atoms with van der Waals surface area (Å²) in [7, 11) is 0. The molecule has 1 aromatic carbocycles. The van der Waals surface area contributed by atoms with E-state index in [0.29, 0.717) is 0 Å². The Hall–Kier alpha value is -2.17. The van der Waals surface area contributed by atoms with Crippen molar-refractivity contribution in [2.45, 2.75) is 31.7 Å². The van der Waals surface area contributed by atoms with Crippen LogP contribution < -0.4 is 11.3 Å². The summed E-state index contributed by atoms with van der Waals surface area (Å²) in [4.78, 5) is 15.9. The maximum absolute atomic E-state index is 13.4. The molecule has 0 spiro atoms. The molecule has 1 aliphatic rings. The zero-order chi connectivity index (χ0) is 14.8. The number of halogens is 1. The Morgan fingerprint density at radius 1 is 1.43 bits per heavy atom. The summed E-state index contributed by atoms with van der Waals surface area (Å²) in [6.45, 7) is 0. The van der Waals surface area contributed by atoms with E-state index in [1.807, 2.05) is 0 Å². The van der Waals surface area contributed by atoms with Crippen LogP contribution in [0.3, 0.4) is 0 Å². The second-order valence-electron chi connectivity index (χ2n) is 5.64. The molecular weight excluding hydrogens is 269 g/mol. The molecule has 1 saturated carbocycles. The van der Waals surface area contributed by atoms with Crippen LogP contribution in [0.4, 0.5) is 10.1 Å². The summed E-state index contributed by atoms with van der Waals surface area (Å²) in [5, 5.41) is 0. The summed E-state index contributed by atoms with van der Waals surface area (Å²) >= 11 is 0. The number of hydrogen-bond acceptors (Lipinski definition) is 3. The molecule has 3 rings (SSSR count). The number of hydrogen-bond donors (Lipinski definition) is 1. The summed E-state index contributed by atoms with van der Waals surface area (Å²) in [6.07, 6.45) is 9.03. The molecule has 110 valence electrons. The Bertz CT molecular complexity index is 694. The van der Waals surface area contributed by atoms with Crippen LogP contribution in [0, 0.1) is 11.7 Å². The van der Waals surface area contributed by atoms with Gasteiger partial charge >= 0.3 is 0 Å². The standard InChI is InChI=1S/C16H18FN3O/c17-13-5-4-12(9-14(13)18)15(6-3-11-1-2-11)20-8-7-19-10-16(20)21/h4-5,7-11,15H,1-3,6,18H2. The van der Waals surface area contributed by atoms with Crippen LogP contribution in [0.5, 0.6) is 0 Å². The first-order chi connectivity index (χ1) is 10.1. The van der Waals surface area contributed by atoms with Gasteiger partial charge in [-0.2, -0.15) is 0 Å². The molecule has 0 saturated heterocycles. The minimum absolute atomic E-state index is 0.117. The number of rotatable bonds is 5. The molecule has 1 fully saturated rings. The second-order valence-corrected chi connectivity index (χ2v) is 5.64. The van der Waals surface area contributed by atoms with E-state index in [1.54, 1.807) is 29.1 Å². The third kappa shape index (κ3) is 3.12. The third-order valence-corrected chi connectivity index (χ3v) is 4.04. The molecule has 2 aromatic rings. The van der Waals surface area contributed by atoms with Crippen molar-refractivity contribution in [3.63, 3.8) is 0 Å². The highest BCUT2D eigenvalue weighted by Crippen LogP contribution is 2.37. The Morgan fingerprint density at radius 2 is 2.24 bits per heavy atom. The van der Waals surface area contributed by atoms with E-state index in [0.717, 1.165) is 24.3 Å². The van der Waals surface area contributed by atoms with Crippen molar-refractivity contribution in [2.75, 3.05) is 5.73 Å². The molecule has 2 N–H and O–H groups in total. The smallest absolute Gasteiger partial charge is 0.269 e. The van der Waals surface area contributed by atoms with Crippen LogP contribution in [0.15, 0.2) is 41.6 Å². The molecule has 1 atom stereocenters. The van der Waals surface area contributed by atoms with Gasteiger partial charge in [-0.1, -0.05) is 18.9 Å². The van der Waals surface area contributed by atoms with Gasteiger partial charge in [0.1, 0.15) is 5.82 Å². The number of benzene rings is 1. The zero-order valence-corrected chi connectivity index (χ0v) is 11.7. The average Bonchev–Trinajstić information content (AvgIpc) is 3.29. The Kier molecular flexibility index (Phi) is 3.73. The molecule has 1 heterocycles. The predicted octanol–water partition coefficient (Wildman–Crippen LogP) is 2.74. The molecule has 1 aliphatic carbocycles. The fourth-order valence-electron chi connectivity index (χ4n) is 2.65. The maximum atomic E-state index is 13.4. The van der Waals surface area contributed by atoms with E-state index in [2.05, 4.69) is 4.98 Å². The summed E-state index contributed by atoms with van der Waals surface area (Å²) < 4.78 is 15.0. The molecule has 1 unspecified atom stereocenters. The summed E-state index contributed by atoms with van der Waals surface area (Å²) in [5.74, 6) is 0.338. The Morgan fingerprint density at radius 3 is 2.90 bits per heavy atom. The first kappa shape index (κ1) is 13.8. The third-order valence-electron chi connectivity index (χ3n) is 4.04. The van der Waals surface area contributed by atoms with Crippen molar-refractivity contribution in [2.24, 2.45) is 5.92 Å². The number of nitrogen functional groups attached to an aromatic ring is 1. The first-order valence-electron chi connectivity index (χ1n) is 7.22. The molecule has 0 radical (unpaired) electrons. The van der Waals surface area contributed by atoms with Crippen LogP contribution in [-0.4, -0.2) is 9.55 Å². The predicted molar refractivity (Wildman–Crippen MR) is 79.4 cm³/mol. The highest BCUT2D eigenvalue weighted by Gasteiger charge is 2.24. The van der Waals surface area contributed by atoms with Gasteiger partial charge in [-0.15, -0.1) is 0 Å². The van der Waals surface area contributed by atoms with Crippen LogP contribution in [0.1, 0.15) is 37.3 Å². The molecule has 21 heavy (non-hydrogen) atoms. The average molecular weight is 287 g/mol. The molecule has 5 heteroatoms. The molecule has 0 amide bonds. The topological polar surface area (TPSA) is 60.9 Å². The number of anilines is 1. The monoisotopic (exact) mass is 287 g/mol. The maximum Gasteiger partial charge on any atom is 0.269 e. The lowest BCUT2D eigenvalue weighted by Crippen LogP contribution is -2.25. The van der Waals surface area contributed by atoms with Gasteiger partial charge in [0, 0.05) is 12.4 Å². The van der Waals surface area contributed by atoms with Gasteiger partial charge in [0.25, 0.3) is 5.56 Å².